The number of rotatable bonds is 3. The first-order valence-corrected chi connectivity index (χ1v) is 6.60. The zero-order chi connectivity index (χ0) is 15.7. The maximum atomic E-state index is 14.0. The van der Waals surface area contributed by atoms with E-state index in [1.165, 1.54) is 12.1 Å². The van der Waals surface area contributed by atoms with Crippen LogP contribution in [0.25, 0.3) is 0 Å². The number of anilines is 1. The van der Waals surface area contributed by atoms with E-state index < -0.39 is 11.7 Å². The number of nitrogens with one attached hydrogen (secondary N) is 1. The lowest BCUT2D eigenvalue weighted by Crippen LogP contribution is -2.28. The second kappa shape index (κ2) is 5.55. The molecule has 5 nitrogen and oxygen atoms in total. The van der Waals surface area contributed by atoms with Crippen molar-refractivity contribution in [2.24, 2.45) is 0 Å². The topological polar surface area (TPSA) is 81.2 Å². The van der Waals surface area contributed by atoms with Gasteiger partial charge in [0.05, 0.1) is 17.3 Å². The molecule has 2 rings (SSSR count). The predicted molar refractivity (Wildman–Crippen MR) is 77.4 cm³/mol. The Kier molecular flexibility index (Phi) is 3.97. The second-order valence-corrected chi connectivity index (χ2v) is 5.13. The number of halogens is 1. The molecule has 0 aliphatic carbocycles. The predicted octanol–water partition coefficient (Wildman–Crippen LogP) is 2.81. The molecule has 21 heavy (non-hydrogen) atoms. The number of carbonyl (C=O) groups excluding carboxylic acids is 1. The highest BCUT2D eigenvalue weighted by atomic mass is 19.1. The van der Waals surface area contributed by atoms with Gasteiger partial charge in [-0.2, -0.15) is 0 Å². The molecule has 1 unspecified atom stereocenters. The highest BCUT2D eigenvalue weighted by molar-refractivity contribution is 5.95. The van der Waals surface area contributed by atoms with Crippen LogP contribution in [0.5, 0.6) is 0 Å². The number of hydrogen-bond donors (Lipinski definition) is 2. The van der Waals surface area contributed by atoms with E-state index in [1.807, 2.05) is 0 Å². The molecule has 1 amide bonds. The fourth-order valence-electron chi connectivity index (χ4n) is 2.42. The molecule has 1 heterocycles. The summed E-state index contributed by atoms with van der Waals surface area (Å²) in [5.74, 6) is -0.451. The van der Waals surface area contributed by atoms with E-state index in [1.54, 1.807) is 27.7 Å². The van der Waals surface area contributed by atoms with Crippen molar-refractivity contribution in [1.29, 1.82) is 0 Å². The Hall–Kier alpha value is -2.37. The molecule has 0 saturated carbocycles. The van der Waals surface area contributed by atoms with Crippen molar-refractivity contribution in [2.45, 2.75) is 33.7 Å². The average molecular weight is 291 g/mol. The first-order chi connectivity index (χ1) is 9.81. The van der Waals surface area contributed by atoms with Crippen molar-refractivity contribution >= 4 is 11.6 Å². The molecule has 0 aliphatic rings. The maximum Gasteiger partial charge on any atom is 0.254 e. The third-order valence-corrected chi connectivity index (χ3v) is 3.39. The summed E-state index contributed by atoms with van der Waals surface area (Å²) in [7, 11) is 0. The normalized spacial score (nSPS) is 12.2. The Morgan fingerprint density at radius 1 is 1.38 bits per heavy atom. The average Bonchev–Trinajstić information content (AvgIpc) is 2.73. The summed E-state index contributed by atoms with van der Waals surface area (Å²) < 4.78 is 19.1. The van der Waals surface area contributed by atoms with Crippen molar-refractivity contribution in [3.05, 3.63) is 46.1 Å². The van der Waals surface area contributed by atoms with Gasteiger partial charge in [-0.1, -0.05) is 5.16 Å². The van der Waals surface area contributed by atoms with E-state index in [0.29, 0.717) is 22.7 Å². The number of aryl methyl sites for hydroxylation is 3. The molecule has 112 valence electrons. The zero-order valence-electron chi connectivity index (χ0n) is 12.5. The molecule has 0 saturated heterocycles. The molecule has 0 fully saturated rings. The van der Waals surface area contributed by atoms with Crippen molar-refractivity contribution in [3.8, 4) is 0 Å². The summed E-state index contributed by atoms with van der Waals surface area (Å²) in [6.07, 6.45) is 0. The van der Waals surface area contributed by atoms with Gasteiger partial charge >= 0.3 is 0 Å². The van der Waals surface area contributed by atoms with Gasteiger partial charge in [0.25, 0.3) is 5.91 Å². The SMILES string of the molecule is Cc1cc(N)cc(C(=O)NC(C)c2c(C)noc2C)c1F. The number of nitrogens with two attached hydrogens (primary N) is 1. The minimum absolute atomic E-state index is 0.0638. The second-order valence-electron chi connectivity index (χ2n) is 5.13. The number of nitrogen functional groups attached to an aromatic ring is 1. The third kappa shape index (κ3) is 2.89. The molecule has 3 N–H and O–H groups in total. The molecular formula is C15H18FN3O2. The van der Waals surface area contributed by atoms with Gasteiger partial charge in [0.1, 0.15) is 11.6 Å². The standard InChI is InChI=1S/C15H18FN3O2/c1-7-5-11(17)6-12(14(7)16)15(20)18-8(2)13-9(3)19-21-10(13)4/h5-6,8H,17H2,1-4H3,(H,18,20). The number of benzene rings is 1. The van der Waals surface area contributed by atoms with E-state index in [9.17, 15) is 9.18 Å². The molecule has 0 bridgehead atoms. The van der Waals surface area contributed by atoms with Gasteiger partial charge in [-0.15, -0.1) is 0 Å². The first-order valence-electron chi connectivity index (χ1n) is 6.60. The number of amides is 1. The fraction of sp³-hybridized carbons (Fsp3) is 0.333. The van der Waals surface area contributed by atoms with Gasteiger partial charge in [0, 0.05) is 11.3 Å². The van der Waals surface area contributed by atoms with Crippen LogP contribution in [0, 0.1) is 26.6 Å². The Bertz CT molecular complexity index is 675. The van der Waals surface area contributed by atoms with E-state index in [0.717, 1.165) is 5.56 Å². The minimum atomic E-state index is -0.562. The molecule has 1 atom stereocenters. The molecular weight excluding hydrogens is 273 g/mol. The van der Waals surface area contributed by atoms with Crippen molar-refractivity contribution < 1.29 is 13.7 Å². The van der Waals surface area contributed by atoms with Crippen molar-refractivity contribution in [1.82, 2.24) is 10.5 Å². The minimum Gasteiger partial charge on any atom is -0.399 e. The molecule has 1 aromatic heterocycles. The largest absolute Gasteiger partial charge is 0.399 e. The van der Waals surface area contributed by atoms with Gasteiger partial charge < -0.3 is 15.6 Å². The molecule has 2 aromatic rings. The number of hydrogen-bond acceptors (Lipinski definition) is 4. The van der Waals surface area contributed by atoms with Gasteiger partial charge in [-0.05, 0) is 45.4 Å². The molecule has 0 spiro atoms. The molecule has 1 aromatic carbocycles. The number of aromatic nitrogens is 1. The summed E-state index contributed by atoms with van der Waals surface area (Å²) in [6.45, 7) is 6.92. The first kappa shape index (κ1) is 15.0. The third-order valence-electron chi connectivity index (χ3n) is 3.39. The summed E-state index contributed by atoms with van der Waals surface area (Å²) in [5.41, 5.74) is 7.79. The molecule has 0 aliphatic heterocycles. The van der Waals surface area contributed by atoms with Gasteiger partial charge in [0.15, 0.2) is 0 Å². The van der Waals surface area contributed by atoms with Crippen LogP contribution in [0.15, 0.2) is 16.7 Å². The monoisotopic (exact) mass is 291 g/mol. The lowest BCUT2D eigenvalue weighted by atomic mass is 10.0. The Labute approximate surface area is 122 Å². The Balaban J connectivity index is 2.27. The van der Waals surface area contributed by atoms with Crippen LogP contribution < -0.4 is 11.1 Å². The summed E-state index contributed by atoms with van der Waals surface area (Å²) >= 11 is 0. The number of nitrogens with zero attached hydrogens (tertiary/aromatic N) is 1. The van der Waals surface area contributed by atoms with Crippen LogP contribution in [0.2, 0.25) is 0 Å². The van der Waals surface area contributed by atoms with Gasteiger partial charge in [0.2, 0.25) is 0 Å². The summed E-state index contributed by atoms with van der Waals surface area (Å²) in [4.78, 5) is 12.2. The van der Waals surface area contributed by atoms with Crippen LogP contribution in [0.1, 0.15) is 45.9 Å². The maximum absolute atomic E-state index is 14.0. The van der Waals surface area contributed by atoms with Crippen LogP contribution in [-0.2, 0) is 0 Å². The van der Waals surface area contributed by atoms with E-state index in [2.05, 4.69) is 10.5 Å². The van der Waals surface area contributed by atoms with E-state index in [-0.39, 0.29) is 11.6 Å². The Morgan fingerprint density at radius 3 is 2.62 bits per heavy atom. The quantitative estimate of drug-likeness (QED) is 0.852. The van der Waals surface area contributed by atoms with Crippen molar-refractivity contribution in [3.63, 3.8) is 0 Å². The van der Waals surface area contributed by atoms with Crippen LogP contribution in [0.3, 0.4) is 0 Å². The molecule has 0 radical (unpaired) electrons. The highest BCUT2D eigenvalue weighted by Crippen LogP contribution is 2.22. The van der Waals surface area contributed by atoms with Gasteiger partial charge in [-0.3, -0.25) is 4.79 Å². The Morgan fingerprint density at radius 2 is 2.05 bits per heavy atom. The van der Waals surface area contributed by atoms with Crippen LogP contribution >= 0.6 is 0 Å². The highest BCUT2D eigenvalue weighted by Gasteiger charge is 2.21. The van der Waals surface area contributed by atoms with E-state index >= 15 is 0 Å². The smallest absolute Gasteiger partial charge is 0.254 e. The number of carbonyl (C=O) groups is 1. The zero-order valence-corrected chi connectivity index (χ0v) is 12.5. The fourth-order valence-corrected chi connectivity index (χ4v) is 2.42. The summed E-state index contributed by atoms with van der Waals surface area (Å²) in [6, 6.07) is 2.48. The lowest BCUT2D eigenvalue weighted by molar-refractivity contribution is 0.0935. The lowest BCUT2D eigenvalue weighted by Gasteiger charge is -2.15. The van der Waals surface area contributed by atoms with E-state index in [4.69, 9.17) is 10.3 Å². The summed E-state index contributed by atoms with van der Waals surface area (Å²) in [5, 5.41) is 6.58. The molecule has 6 heteroatoms. The van der Waals surface area contributed by atoms with Crippen LogP contribution in [-0.4, -0.2) is 11.1 Å². The van der Waals surface area contributed by atoms with Crippen LogP contribution in [0.4, 0.5) is 10.1 Å². The van der Waals surface area contributed by atoms with Gasteiger partial charge in [-0.25, -0.2) is 4.39 Å². The van der Waals surface area contributed by atoms with Crippen molar-refractivity contribution in [2.75, 3.05) is 5.73 Å².